The van der Waals surface area contributed by atoms with Crippen molar-refractivity contribution in [3.8, 4) is 5.75 Å². The Morgan fingerprint density at radius 1 is 0.969 bits per heavy atom. The molecule has 0 bridgehead atoms. The van der Waals surface area contributed by atoms with Crippen LogP contribution in [0.2, 0.25) is 0 Å². The summed E-state index contributed by atoms with van der Waals surface area (Å²) in [5.41, 5.74) is 1.13. The van der Waals surface area contributed by atoms with Crippen LogP contribution in [0.4, 0.5) is 5.69 Å². The number of rotatable bonds is 8. The highest BCUT2D eigenvalue weighted by molar-refractivity contribution is 6.09. The highest BCUT2D eigenvalue weighted by Crippen LogP contribution is 2.19. The Hall–Kier alpha value is -3.35. The molecule has 1 aliphatic rings. The van der Waals surface area contributed by atoms with Crippen LogP contribution >= 0.6 is 0 Å². The third-order valence-electron chi connectivity index (χ3n) is 5.75. The highest BCUT2D eigenvalue weighted by Gasteiger charge is 2.24. The predicted octanol–water partition coefficient (Wildman–Crippen LogP) is 3.90. The monoisotopic (exact) mass is 437 g/mol. The van der Waals surface area contributed by atoms with Crippen LogP contribution in [-0.2, 0) is 4.79 Å². The van der Waals surface area contributed by atoms with E-state index in [0.717, 1.165) is 25.7 Å². The first-order valence-corrected chi connectivity index (χ1v) is 11.2. The number of ether oxygens (including phenoxy) is 1. The van der Waals surface area contributed by atoms with Crippen molar-refractivity contribution in [2.75, 3.05) is 12.4 Å². The fourth-order valence-corrected chi connectivity index (χ4v) is 3.86. The normalized spacial score (nSPS) is 14.8. The fraction of sp³-hybridized carbons (Fsp3) is 0.400. The Morgan fingerprint density at radius 3 is 2.31 bits per heavy atom. The number of hydrogen-bond donors (Lipinski definition) is 3. The topological polar surface area (TPSA) is 96.5 Å². The number of carbonyl (C=O) groups excluding carboxylic acids is 3. The molecule has 3 amide bonds. The van der Waals surface area contributed by atoms with Gasteiger partial charge in [0.2, 0.25) is 5.91 Å². The van der Waals surface area contributed by atoms with Gasteiger partial charge >= 0.3 is 0 Å². The maximum atomic E-state index is 13.0. The van der Waals surface area contributed by atoms with Gasteiger partial charge in [0.15, 0.2) is 0 Å². The van der Waals surface area contributed by atoms with E-state index in [2.05, 4.69) is 16.0 Å². The minimum Gasteiger partial charge on any atom is -0.497 e. The lowest BCUT2D eigenvalue weighted by molar-refractivity contribution is -0.124. The average molecular weight is 438 g/mol. The molecule has 1 fully saturated rings. The molecule has 0 radical (unpaired) electrons. The van der Waals surface area contributed by atoms with Crippen LogP contribution in [0.25, 0.3) is 0 Å². The van der Waals surface area contributed by atoms with E-state index in [0.29, 0.717) is 29.0 Å². The van der Waals surface area contributed by atoms with Crippen molar-refractivity contribution in [2.45, 2.75) is 57.5 Å². The molecule has 7 nitrogen and oxygen atoms in total. The summed E-state index contributed by atoms with van der Waals surface area (Å²) in [5.74, 6) is -0.248. The predicted molar refractivity (Wildman–Crippen MR) is 124 cm³/mol. The molecular formula is C25H31N3O4. The minimum atomic E-state index is -0.630. The van der Waals surface area contributed by atoms with Crippen LogP contribution in [-0.4, -0.2) is 36.9 Å². The second-order valence-corrected chi connectivity index (χ2v) is 8.01. The van der Waals surface area contributed by atoms with Gasteiger partial charge in [0, 0.05) is 11.6 Å². The summed E-state index contributed by atoms with van der Waals surface area (Å²) in [6.45, 7) is 1.86. The first-order chi connectivity index (χ1) is 15.5. The summed E-state index contributed by atoms with van der Waals surface area (Å²) < 4.78 is 5.12. The maximum absolute atomic E-state index is 13.0. The summed E-state index contributed by atoms with van der Waals surface area (Å²) in [6, 6.07) is 13.0. The molecule has 0 aliphatic heterocycles. The van der Waals surface area contributed by atoms with E-state index in [9.17, 15) is 14.4 Å². The maximum Gasteiger partial charge on any atom is 0.255 e. The molecule has 1 saturated carbocycles. The van der Waals surface area contributed by atoms with Gasteiger partial charge in [0.25, 0.3) is 11.8 Å². The minimum absolute atomic E-state index is 0.160. The molecule has 2 aromatic carbocycles. The SMILES string of the molecule is CCC(NC(=O)c1ccccc1NC(=O)c1ccc(OC)cc1)C(=O)NC1CCCCC1. The number of nitrogens with one attached hydrogen (secondary N) is 3. The van der Waals surface area contributed by atoms with E-state index < -0.39 is 11.9 Å². The molecule has 1 aliphatic carbocycles. The van der Waals surface area contributed by atoms with E-state index in [1.54, 1.807) is 55.6 Å². The lowest BCUT2D eigenvalue weighted by atomic mass is 9.95. The summed E-state index contributed by atoms with van der Waals surface area (Å²) in [4.78, 5) is 38.3. The summed E-state index contributed by atoms with van der Waals surface area (Å²) >= 11 is 0. The number of benzene rings is 2. The highest BCUT2D eigenvalue weighted by atomic mass is 16.5. The van der Waals surface area contributed by atoms with E-state index in [1.807, 2.05) is 6.92 Å². The summed E-state index contributed by atoms with van der Waals surface area (Å²) in [6.07, 6.45) is 5.89. The van der Waals surface area contributed by atoms with Gasteiger partial charge in [-0.25, -0.2) is 0 Å². The fourth-order valence-electron chi connectivity index (χ4n) is 3.86. The molecule has 1 atom stereocenters. The molecule has 3 N–H and O–H groups in total. The molecule has 1 unspecified atom stereocenters. The second-order valence-electron chi connectivity index (χ2n) is 8.01. The van der Waals surface area contributed by atoms with Gasteiger partial charge in [-0.2, -0.15) is 0 Å². The average Bonchev–Trinajstić information content (AvgIpc) is 2.83. The lowest BCUT2D eigenvalue weighted by Gasteiger charge is -2.25. The smallest absolute Gasteiger partial charge is 0.255 e. The molecule has 0 spiro atoms. The van der Waals surface area contributed by atoms with E-state index >= 15 is 0 Å². The Balaban J connectivity index is 1.66. The van der Waals surface area contributed by atoms with Crippen LogP contribution in [0.5, 0.6) is 5.75 Å². The lowest BCUT2D eigenvalue weighted by Crippen LogP contribution is -2.49. The Morgan fingerprint density at radius 2 is 1.66 bits per heavy atom. The first kappa shape index (κ1) is 23.3. The summed E-state index contributed by atoms with van der Waals surface area (Å²) in [5, 5.41) is 8.68. The Bertz CT molecular complexity index is 936. The van der Waals surface area contributed by atoms with Gasteiger partial charge < -0.3 is 20.7 Å². The van der Waals surface area contributed by atoms with Gasteiger partial charge in [-0.05, 0) is 55.7 Å². The van der Waals surface area contributed by atoms with Crippen LogP contribution in [0, 0.1) is 0 Å². The molecule has 0 heterocycles. The van der Waals surface area contributed by atoms with Crippen molar-refractivity contribution in [2.24, 2.45) is 0 Å². The molecule has 170 valence electrons. The van der Waals surface area contributed by atoms with E-state index in [4.69, 9.17) is 4.74 Å². The van der Waals surface area contributed by atoms with Gasteiger partial charge in [0.1, 0.15) is 11.8 Å². The van der Waals surface area contributed by atoms with Crippen LogP contribution < -0.4 is 20.7 Å². The summed E-state index contributed by atoms with van der Waals surface area (Å²) in [7, 11) is 1.56. The molecule has 7 heteroatoms. The second kappa shape index (κ2) is 11.3. The van der Waals surface area contributed by atoms with Crippen molar-refractivity contribution < 1.29 is 19.1 Å². The van der Waals surface area contributed by atoms with E-state index in [1.165, 1.54) is 6.42 Å². The number of para-hydroxylation sites is 1. The number of hydrogen-bond acceptors (Lipinski definition) is 4. The van der Waals surface area contributed by atoms with Crippen molar-refractivity contribution in [3.05, 3.63) is 59.7 Å². The zero-order valence-electron chi connectivity index (χ0n) is 18.6. The zero-order chi connectivity index (χ0) is 22.9. The third-order valence-corrected chi connectivity index (χ3v) is 5.75. The third kappa shape index (κ3) is 6.09. The molecular weight excluding hydrogens is 406 g/mol. The van der Waals surface area contributed by atoms with Gasteiger partial charge in [-0.1, -0.05) is 38.3 Å². The van der Waals surface area contributed by atoms with Crippen molar-refractivity contribution in [3.63, 3.8) is 0 Å². The van der Waals surface area contributed by atoms with Gasteiger partial charge in [-0.3, -0.25) is 14.4 Å². The van der Waals surface area contributed by atoms with Gasteiger partial charge in [0.05, 0.1) is 18.4 Å². The number of carbonyl (C=O) groups is 3. The van der Waals surface area contributed by atoms with Crippen molar-refractivity contribution in [1.82, 2.24) is 10.6 Å². The zero-order valence-corrected chi connectivity index (χ0v) is 18.6. The van der Waals surface area contributed by atoms with Crippen LogP contribution in [0.1, 0.15) is 66.2 Å². The van der Waals surface area contributed by atoms with Crippen molar-refractivity contribution >= 4 is 23.4 Å². The van der Waals surface area contributed by atoms with Crippen LogP contribution in [0.3, 0.4) is 0 Å². The molecule has 0 aromatic heterocycles. The standard InChI is InChI=1S/C25H31N3O4/c1-3-21(25(31)26-18-9-5-4-6-10-18)27-24(30)20-11-7-8-12-22(20)28-23(29)17-13-15-19(32-2)16-14-17/h7-8,11-16,18,21H,3-6,9-10H2,1-2H3,(H,26,31)(H,27,30)(H,28,29). The quantitative estimate of drug-likeness (QED) is 0.583. The largest absolute Gasteiger partial charge is 0.497 e. The number of methoxy groups -OCH3 is 1. The molecule has 3 rings (SSSR count). The number of anilines is 1. The Kier molecular flexibility index (Phi) is 8.25. The number of amides is 3. The Labute approximate surface area is 188 Å². The molecule has 2 aromatic rings. The van der Waals surface area contributed by atoms with Gasteiger partial charge in [-0.15, -0.1) is 0 Å². The first-order valence-electron chi connectivity index (χ1n) is 11.2. The molecule has 0 saturated heterocycles. The van der Waals surface area contributed by atoms with E-state index in [-0.39, 0.29) is 17.9 Å². The van der Waals surface area contributed by atoms with Crippen molar-refractivity contribution in [1.29, 1.82) is 0 Å². The molecule has 32 heavy (non-hydrogen) atoms. The van der Waals surface area contributed by atoms with Crippen LogP contribution in [0.15, 0.2) is 48.5 Å².